The number of H-pyrrole nitrogens is 1. The number of aromatic nitrogens is 2. The summed E-state index contributed by atoms with van der Waals surface area (Å²) in [6.07, 6.45) is 7.25. The number of imidazole rings is 1. The predicted octanol–water partition coefficient (Wildman–Crippen LogP) is 5.28. The number of carbonyl (C=O) groups is 1. The third kappa shape index (κ3) is 5.03. The molecule has 1 aliphatic carbocycles. The Balaban J connectivity index is 1.43. The normalized spacial score (nSPS) is 13.4. The van der Waals surface area contributed by atoms with Crippen LogP contribution in [0.1, 0.15) is 46.7 Å². The first-order chi connectivity index (χ1) is 17.6. The number of aromatic amines is 1. The zero-order chi connectivity index (χ0) is 24.9. The highest BCUT2D eigenvalue weighted by Crippen LogP contribution is 2.31. The van der Waals surface area contributed by atoms with Crippen LogP contribution < -0.4 is 10.4 Å². The number of benzene rings is 3. The number of aliphatic carboxylic acids is 1. The van der Waals surface area contributed by atoms with Gasteiger partial charge in [0.25, 0.3) is 0 Å². The lowest BCUT2D eigenvalue weighted by molar-refractivity contribution is -0.135. The number of hydrogen-bond donors (Lipinski definition) is 2. The molecule has 0 radical (unpaired) electrons. The fourth-order valence-corrected chi connectivity index (χ4v) is 4.89. The first-order valence-electron chi connectivity index (χ1n) is 12.2. The molecule has 0 amide bonds. The minimum Gasteiger partial charge on any atom is -0.475 e. The van der Waals surface area contributed by atoms with Crippen LogP contribution in [0.5, 0.6) is 5.75 Å². The van der Waals surface area contributed by atoms with Crippen molar-refractivity contribution in [2.24, 2.45) is 0 Å². The van der Waals surface area contributed by atoms with Gasteiger partial charge in [0.1, 0.15) is 5.75 Å². The van der Waals surface area contributed by atoms with Gasteiger partial charge in [0, 0.05) is 18.4 Å². The first kappa shape index (κ1) is 23.4. The van der Waals surface area contributed by atoms with Gasteiger partial charge in [-0.15, -0.1) is 0 Å². The summed E-state index contributed by atoms with van der Waals surface area (Å²) in [5.74, 6) is -0.933. The van der Waals surface area contributed by atoms with Gasteiger partial charge in [-0.05, 0) is 60.1 Å². The first-order valence-corrected chi connectivity index (χ1v) is 12.2. The molecule has 0 aliphatic heterocycles. The zero-order valence-electron chi connectivity index (χ0n) is 19.9. The van der Waals surface area contributed by atoms with Crippen molar-refractivity contribution in [3.05, 3.63) is 135 Å². The topological polar surface area (TPSA) is 84.3 Å². The maximum absolute atomic E-state index is 12.8. The Morgan fingerprint density at radius 3 is 2.28 bits per heavy atom. The molecule has 1 heterocycles. The van der Waals surface area contributed by atoms with Crippen LogP contribution in [0.3, 0.4) is 0 Å². The van der Waals surface area contributed by atoms with E-state index in [4.69, 9.17) is 4.74 Å². The van der Waals surface area contributed by atoms with Gasteiger partial charge in [-0.25, -0.2) is 9.59 Å². The quantitative estimate of drug-likeness (QED) is 0.265. The standard InChI is InChI=1S/C30H28N2O4/c33-29(34)27(36-26-17-9-15-21-10-7-8-16-24(21)26)18-19-32-20-25(31-30(32)35)28(22-11-3-1-4-12-22)23-13-5-2-6-14-23/h1-6,9,11-15,17-18,20,28H,7-8,10,16,19H2,(H,31,35)(H,33,34). The molecule has 5 rings (SSSR count). The SMILES string of the molecule is O=C(O)C(=CCn1cc(C(c2ccccc2)c2ccccc2)[nH]c1=O)Oc1cccc2c1CCCC2. The molecule has 182 valence electrons. The van der Waals surface area contributed by atoms with Crippen LogP contribution in [0.25, 0.3) is 0 Å². The number of allylic oxidation sites excluding steroid dienone is 1. The van der Waals surface area contributed by atoms with Crippen molar-refractivity contribution in [1.82, 2.24) is 9.55 Å². The molecule has 0 bridgehead atoms. The van der Waals surface area contributed by atoms with Gasteiger partial charge < -0.3 is 14.8 Å². The number of ether oxygens (including phenoxy) is 1. The van der Waals surface area contributed by atoms with Crippen LogP contribution in [0, 0.1) is 0 Å². The van der Waals surface area contributed by atoms with E-state index in [0.29, 0.717) is 5.75 Å². The number of hydrogen-bond acceptors (Lipinski definition) is 3. The number of fused-ring (bicyclic) bond motifs is 1. The minimum absolute atomic E-state index is 0.0717. The fraction of sp³-hybridized carbons (Fsp3) is 0.200. The van der Waals surface area contributed by atoms with Crippen molar-refractivity contribution in [2.75, 3.05) is 0 Å². The van der Waals surface area contributed by atoms with Crippen LogP contribution in [0.2, 0.25) is 0 Å². The molecular formula is C30H28N2O4. The maximum atomic E-state index is 12.8. The summed E-state index contributed by atoms with van der Waals surface area (Å²) in [6, 6.07) is 25.7. The van der Waals surface area contributed by atoms with Gasteiger partial charge in [0.15, 0.2) is 0 Å². The van der Waals surface area contributed by atoms with Crippen molar-refractivity contribution in [3.8, 4) is 5.75 Å². The lowest BCUT2D eigenvalue weighted by Crippen LogP contribution is -2.17. The van der Waals surface area contributed by atoms with Crippen LogP contribution in [-0.2, 0) is 24.2 Å². The lowest BCUT2D eigenvalue weighted by Gasteiger charge is -2.19. The van der Waals surface area contributed by atoms with Crippen molar-refractivity contribution in [3.63, 3.8) is 0 Å². The number of nitrogens with zero attached hydrogens (tertiary/aromatic N) is 1. The summed E-state index contributed by atoms with van der Waals surface area (Å²) in [5, 5.41) is 9.79. The number of carboxylic acid groups (broad SMARTS) is 1. The van der Waals surface area contributed by atoms with Gasteiger partial charge in [0.2, 0.25) is 5.76 Å². The van der Waals surface area contributed by atoms with Gasteiger partial charge in [-0.2, -0.15) is 0 Å². The van der Waals surface area contributed by atoms with E-state index in [9.17, 15) is 14.7 Å². The summed E-state index contributed by atoms with van der Waals surface area (Å²) in [7, 11) is 0. The molecule has 1 aliphatic rings. The molecule has 36 heavy (non-hydrogen) atoms. The molecule has 3 aromatic carbocycles. The van der Waals surface area contributed by atoms with Crippen LogP contribution in [0.4, 0.5) is 0 Å². The lowest BCUT2D eigenvalue weighted by atomic mass is 9.89. The monoisotopic (exact) mass is 480 g/mol. The second-order valence-corrected chi connectivity index (χ2v) is 9.00. The molecule has 6 heteroatoms. The van der Waals surface area contributed by atoms with Crippen LogP contribution >= 0.6 is 0 Å². The van der Waals surface area contributed by atoms with Gasteiger partial charge in [-0.1, -0.05) is 72.8 Å². The minimum atomic E-state index is -1.17. The van der Waals surface area contributed by atoms with E-state index in [-0.39, 0.29) is 23.9 Å². The summed E-state index contributed by atoms with van der Waals surface area (Å²) in [5.41, 5.74) is 4.82. The second kappa shape index (κ2) is 10.5. The average Bonchev–Trinajstić information content (AvgIpc) is 3.27. The molecule has 0 spiro atoms. The maximum Gasteiger partial charge on any atom is 0.371 e. The van der Waals surface area contributed by atoms with Gasteiger partial charge in [-0.3, -0.25) is 4.57 Å². The van der Waals surface area contributed by atoms with E-state index >= 15 is 0 Å². The van der Waals surface area contributed by atoms with E-state index in [1.54, 1.807) is 6.20 Å². The largest absolute Gasteiger partial charge is 0.475 e. The average molecular weight is 481 g/mol. The van der Waals surface area contributed by atoms with E-state index < -0.39 is 5.97 Å². The Labute approximate surface area is 209 Å². The molecule has 0 unspecified atom stereocenters. The van der Waals surface area contributed by atoms with E-state index in [1.807, 2.05) is 72.8 Å². The molecule has 0 atom stereocenters. The highest BCUT2D eigenvalue weighted by Gasteiger charge is 2.21. The third-order valence-corrected chi connectivity index (χ3v) is 6.64. The van der Waals surface area contributed by atoms with Crippen LogP contribution in [0.15, 0.2) is 102 Å². The summed E-state index contributed by atoms with van der Waals surface area (Å²) < 4.78 is 7.34. The van der Waals surface area contributed by atoms with Crippen LogP contribution in [-0.4, -0.2) is 20.6 Å². The molecule has 2 N–H and O–H groups in total. The Kier molecular flexibility index (Phi) is 6.85. The van der Waals surface area contributed by atoms with Gasteiger partial charge >= 0.3 is 11.7 Å². The van der Waals surface area contributed by atoms with Crippen molar-refractivity contribution < 1.29 is 14.6 Å². The molecule has 0 saturated carbocycles. The molecule has 1 aromatic heterocycles. The molecular weight excluding hydrogens is 452 g/mol. The van der Waals surface area contributed by atoms with Crippen molar-refractivity contribution >= 4 is 5.97 Å². The zero-order valence-corrected chi connectivity index (χ0v) is 19.9. The van der Waals surface area contributed by atoms with Crippen molar-refractivity contribution in [2.45, 2.75) is 38.1 Å². The number of nitrogens with one attached hydrogen (secondary N) is 1. The molecule has 0 fully saturated rings. The van der Waals surface area contributed by atoms with E-state index in [0.717, 1.165) is 48.1 Å². The number of carboxylic acids is 1. The molecule has 6 nitrogen and oxygen atoms in total. The highest BCUT2D eigenvalue weighted by molar-refractivity contribution is 5.84. The fourth-order valence-electron chi connectivity index (χ4n) is 4.89. The van der Waals surface area contributed by atoms with Crippen molar-refractivity contribution in [1.29, 1.82) is 0 Å². The Hall–Kier alpha value is -4.32. The Morgan fingerprint density at radius 1 is 0.944 bits per heavy atom. The van der Waals surface area contributed by atoms with E-state index in [1.165, 1.54) is 16.2 Å². The second-order valence-electron chi connectivity index (χ2n) is 9.00. The number of aryl methyl sites for hydroxylation is 1. The summed E-state index contributed by atoms with van der Waals surface area (Å²) >= 11 is 0. The Morgan fingerprint density at radius 2 is 1.61 bits per heavy atom. The van der Waals surface area contributed by atoms with Gasteiger partial charge in [0.05, 0.1) is 5.92 Å². The summed E-state index contributed by atoms with van der Waals surface area (Å²) in [6.45, 7) is 0.0717. The smallest absolute Gasteiger partial charge is 0.371 e. The van der Waals surface area contributed by atoms with E-state index in [2.05, 4.69) is 11.1 Å². The highest BCUT2D eigenvalue weighted by atomic mass is 16.5. The summed E-state index contributed by atoms with van der Waals surface area (Å²) in [4.78, 5) is 27.8. The predicted molar refractivity (Wildman–Crippen MR) is 138 cm³/mol. The molecule has 0 saturated heterocycles. The number of rotatable bonds is 8. The Bertz CT molecular complexity index is 1400. The third-order valence-electron chi connectivity index (χ3n) is 6.64. The molecule has 4 aromatic rings.